The maximum Gasteiger partial charge on any atom is 0.310 e. The Morgan fingerprint density at radius 3 is 2.15 bits per heavy atom. The van der Waals surface area contributed by atoms with Crippen molar-refractivity contribution < 1.29 is 33.3 Å². The molecule has 46 heavy (non-hydrogen) atoms. The van der Waals surface area contributed by atoms with Gasteiger partial charge in [0.2, 0.25) is 5.60 Å². The molecule has 2 N–H and O–H groups in total. The van der Waals surface area contributed by atoms with E-state index >= 15 is 0 Å². The Kier molecular flexibility index (Phi) is 9.93. The first-order valence-electron chi connectivity index (χ1n) is 15.1. The van der Waals surface area contributed by atoms with E-state index in [4.69, 9.17) is 24.7 Å². The van der Waals surface area contributed by atoms with Gasteiger partial charge < -0.3 is 24.7 Å². The number of carbonyl (C=O) groups is 3. The predicted molar refractivity (Wildman–Crippen MR) is 165 cm³/mol. The number of rotatable bonds is 12. The highest BCUT2D eigenvalue weighted by Crippen LogP contribution is 2.44. The van der Waals surface area contributed by atoms with Crippen molar-refractivity contribution in [2.24, 2.45) is 5.92 Å². The van der Waals surface area contributed by atoms with E-state index in [1.807, 2.05) is 26.0 Å². The molecule has 0 saturated carbocycles. The van der Waals surface area contributed by atoms with Crippen molar-refractivity contribution in [3.8, 4) is 6.07 Å². The summed E-state index contributed by atoms with van der Waals surface area (Å²) in [5, 5.41) is 15.1. The van der Waals surface area contributed by atoms with Crippen molar-refractivity contribution in [3.05, 3.63) is 95.9 Å². The summed E-state index contributed by atoms with van der Waals surface area (Å²) in [6.45, 7) is 3.39. The van der Waals surface area contributed by atoms with Gasteiger partial charge in [-0.1, -0.05) is 74.5 Å². The number of aromatic nitrogens is 3. The van der Waals surface area contributed by atoms with E-state index in [2.05, 4.69) is 16.2 Å². The molecule has 4 atom stereocenters. The van der Waals surface area contributed by atoms with Crippen LogP contribution >= 0.6 is 0 Å². The van der Waals surface area contributed by atoms with Gasteiger partial charge in [-0.15, -0.1) is 0 Å². The summed E-state index contributed by atoms with van der Waals surface area (Å²) in [5.74, 6) is -2.00. The lowest BCUT2D eigenvalue weighted by atomic mass is 9.92. The molecule has 0 radical (unpaired) electrons. The zero-order valence-electron chi connectivity index (χ0n) is 25.6. The number of nitriles is 1. The molecule has 1 saturated heterocycles. The third-order valence-corrected chi connectivity index (χ3v) is 8.05. The van der Waals surface area contributed by atoms with E-state index in [0.29, 0.717) is 29.5 Å². The molecule has 2 aromatic heterocycles. The summed E-state index contributed by atoms with van der Waals surface area (Å²) < 4.78 is 25.4. The monoisotopic (exact) mass is 625 g/mol. The Balaban J connectivity index is 1.56. The van der Waals surface area contributed by atoms with Crippen LogP contribution in [0.15, 0.2) is 79.1 Å². The van der Waals surface area contributed by atoms with Crippen molar-refractivity contribution >= 4 is 29.2 Å². The van der Waals surface area contributed by atoms with Gasteiger partial charge >= 0.3 is 17.9 Å². The summed E-state index contributed by atoms with van der Waals surface area (Å²) in [7, 11) is 0. The average Bonchev–Trinajstić information content (AvgIpc) is 3.62. The first-order chi connectivity index (χ1) is 22.3. The highest BCUT2D eigenvalue weighted by Gasteiger charge is 2.62. The van der Waals surface area contributed by atoms with Crippen LogP contribution in [0.2, 0.25) is 0 Å². The molecule has 238 valence electrons. The molecule has 0 amide bonds. The molecular formula is C34H35N5O7. The Bertz CT molecular complexity index is 1720. The highest BCUT2D eigenvalue weighted by molar-refractivity contribution is 5.75. The number of esters is 3. The molecule has 1 fully saturated rings. The van der Waals surface area contributed by atoms with Gasteiger partial charge in [-0.3, -0.25) is 14.4 Å². The lowest BCUT2D eigenvalue weighted by molar-refractivity contribution is -0.169. The summed E-state index contributed by atoms with van der Waals surface area (Å²) in [6.07, 6.45) is -1.88. The van der Waals surface area contributed by atoms with Crippen LogP contribution < -0.4 is 5.73 Å². The number of hydrogen-bond acceptors (Lipinski definition) is 11. The van der Waals surface area contributed by atoms with Crippen molar-refractivity contribution in [1.29, 1.82) is 5.26 Å². The van der Waals surface area contributed by atoms with E-state index in [0.717, 1.165) is 0 Å². The average molecular weight is 626 g/mol. The fourth-order valence-corrected chi connectivity index (χ4v) is 5.61. The molecule has 12 heteroatoms. The Hall–Kier alpha value is -5.28. The van der Waals surface area contributed by atoms with Gasteiger partial charge in [-0.25, -0.2) is 9.50 Å². The molecule has 1 aliphatic rings. The third kappa shape index (κ3) is 6.69. The van der Waals surface area contributed by atoms with Crippen molar-refractivity contribution in [3.63, 3.8) is 0 Å². The normalized spacial score (nSPS) is 20.7. The SMILES string of the molecule is CCC(CC)C(=O)OCC1OC(C#N)(c2ccc3c(N)ncnn23)C(OC(=O)Cc2ccccc2)C1OC(=O)Cc1ccccc1. The molecule has 3 heterocycles. The van der Waals surface area contributed by atoms with Crippen LogP contribution in [0.4, 0.5) is 5.82 Å². The van der Waals surface area contributed by atoms with Gasteiger partial charge in [0.15, 0.2) is 18.0 Å². The minimum atomic E-state index is -2.05. The summed E-state index contributed by atoms with van der Waals surface area (Å²) >= 11 is 0. The molecule has 0 aliphatic carbocycles. The first kappa shape index (κ1) is 32.1. The zero-order valence-corrected chi connectivity index (χ0v) is 25.6. The fourth-order valence-electron chi connectivity index (χ4n) is 5.61. The first-order valence-corrected chi connectivity index (χ1v) is 15.1. The van der Waals surface area contributed by atoms with Gasteiger partial charge in [0.05, 0.1) is 24.5 Å². The molecular weight excluding hydrogens is 590 g/mol. The second-order valence-corrected chi connectivity index (χ2v) is 11.0. The Morgan fingerprint density at radius 2 is 1.57 bits per heavy atom. The van der Waals surface area contributed by atoms with Crippen molar-refractivity contribution in [2.75, 3.05) is 12.3 Å². The van der Waals surface area contributed by atoms with Crippen LogP contribution in [-0.2, 0) is 51.8 Å². The van der Waals surface area contributed by atoms with Crippen LogP contribution in [0.3, 0.4) is 0 Å². The van der Waals surface area contributed by atoms with E-state index in [1.165, 1.54) is 10.8 Å². The number of carbonyl (C=O) groups excluding carboxylic acids is 3. The maximum atomic E-state index is 13.5. The van der Waals surface area contributed by atoms with Crippen LogP contribution in [0.5, 0.6) is 0 Å². The van der Waals surface area contributed by atoms with Crippen LogP contribution in [-0.4, -0.2) is 57.4 Å². The lowest BCUT2D eigenvalue weighted by Crippen LogP contribution is -2.46. The fraction of sp³-hybridized carbons (Fsp3) is 0.353. The minimum absolute atomic E-state index is 0.0976. The number of nitrogens with zero attached hydrogens (tertiary/aromatic N) is 4. The van der Waals surface area contributed by atoms with Crippen LogP contribution in [0.25, 0.3) is 5.52 Å². The van der Waals surface area contributed by atoms with Gasteiger partial charge in [0, 0.05) is 0 Å². The number of ether oxygens (including phenoxy) is 4. The summed E-state index contributed by atoms with van der Waals surface area (Å²) in [6, 6.07) is 23.2. The minimum Gasteiger partial charge on any atom is -0.463 e. The summed E-state index contributed by atoms with van der Waals surface area (Å²) in [4.78, 5) is 43.7. The topological polar surface area (TPSA) is 168 Å². The van der Waals surface area contributed by atoms with Gasteiger partial charge in [-0.2, -0.15) is 10.4 Å². The molecule has 2 aromatic carbocycles. The van der Waals surface area contributed by atoms with E-state index < -0.39 is 41.8 Å². The highest BCUT2D eigenvalue weighted by atomic mass is 16.7. The second kappa shape index (κ2) is 14.2. The van der Waals surface area contributed by atoms with Gasteiger partial charge in [-0.05, 0) is 36.1 Å². The van der Waals surface area contributed by atoms with Crippen LogP contribution in [0, 0.1) is 17.2 Å². The van der Waals surface area contributed by atoms with Gasteiger partial charge in [0.25, 0.3) is 0 Å². The Morgan fingerprint density at radius 1 is 0.957 bits per heavy atom. The van der Waals surface area contributed by atoms with E-state index in [1.54, 1.807) is 60.7 Å². The van der Waals surface area contributed by atoms with Crippen LogP contribution in [0.1, 0.15) is 43.5 Å². The largest absolute Gasteiger partial charge is 0.463 e. The molecule has 4 aromatic rings. The molecule has 4 unspecified atom stereocenters. The molecule has 0 bridgehead atoms. The van der Waals surface area contributed by atoms with Crippen molar-refractivity contribution in [1.82, 2.24) is 14.6 Å². The number of nitrogens with two attached hydrogens (primary N) is 1. The third-order valence-electron chi connectivity index (χ3n) is 8.05. The maximum absolute atomic E-state index is 13.5. The molecule has 5 rings (SSSR count). The predicted octanol–water partition coefficient (Wildman–Crippen LogP) is 3.72. The van der Waals surface area contributed by atoms with Crippen molar-refractivity contribution in [2.45, 2.75) is 63.4 Å². The smallest absolute Gasteiger partial charge is 0.310 e. The number of benzene rings is 2. The van der Waals surface area contributed by atoms with Gasteiger partial charge in [0.1, 0.15) is 30.6 Å². The number of fused-ring (bicyclic) bond motifs is 1. The zero-order chi connectivity index (χ0) is 32.7. The molecule has 12 nitrogen and oxygen atoms in total. The summed E-state index contributed by atoms with van der Waals surface area (Å²) in [5.41, 5.74) is 5.93. The lowest BCUT2D eigenvalue weighted by Gasteiger charge is -2.28. The number of nitrogen functional groups attached to an aromatic ring is 1. The molecule has 1 aliphatic heterocycles. The standard InChI is InChI=1S/C34H35N5O7/c1-3-24(4-2)33(42)43-19-26-30(44-28(40)17-22-11-7-5-8-12-22)31(45-29(41)18-23-13-9-6-10-14-23)34(20-35,46-26)27-16-15-25-32(36)37-21-38-39(25)27/h5-16,21,24,26,30-31H,3-4,17-19H2,1-2H3,(H2,36,37,38). The Labute approximate surface area is 266 Å². The second-order valence-electron chi connectivity index (χ2n) is 11.0. The van der Waals surface area contributed by atoms with E-state index in [-0.39, 0.29) is 36.9 Å². The molecule has 0 spiro atoms. The van der Waals surface area contributed by atoms with E-state index in [9.17, 15) is 19.6 Å². The quantitative estimate of drug-likeness (QED) is 0.180. The number of anilines is 1. The number of hydrogen-bond donors (Lipinski definition) is 1.